The molecule has 3 N–H and O–H groups in total. The van der Waals surface area contributed by atoms with Crippen molar-refractivity contribution in [3.63, 3.8) is 0 Å². The maximum Gasteiger partial charge on any atom is 0.0807 e. The number of halogens is 2. The minimum Gasteiger partial charge on any atom is -0.397 e. The molecule has 0 atom stereocenters. The van der Waals surface area contributed by atoms with E-state index in [2.05, 4.69) is 5.32 Å². The van der Waals surface area contributed by atoms with Crippen molar-refractivity contribution in [3.05, 3.63) is 52.5 Å². The number of hydrogen-bond donors (Lipinski definition) is 2. The van der Waals surface area contributed by atoms with Crippen LogP contribution >= 0.6 is 23.2 Å². The first-order valence-electron chi connectivity index (χ1n) is 4.73. The van der Waals surface area contributed by atoms with Crippen LogP contribution in [0, 0.1) is 0 Å². The van der Waals surface area contributed by atoms with Gasteiger partial charge in [0.2, 0.25) is 0 Å². The Morgan fingerprint density at radius 1 is 1.00 bits per heavy atom. The number of nitrogens with two attached hydrogens (primary N) is 1. The summed E-state index contributed by atoms with van der Waals surface area (Å²) in [7, 11) is 0. The highest BCUT2D eigenvalue weighted by Crippen LogP contribution is 2.31. The van der Waals surface area contributed by atoms with E-state index in [1.807, 2.05) is 24.3 Å². The minimum absolute atomic E-state index is 0.583. The molecule has 2 rings (SSSR count). The lowest BCUT2D eigenvalue weighted by Crippen LogP contribution is -1.96. The molecule has 0 saturated carbocycles. The number of nitrogen functional groups attached to an aromatic ring is 1. The van der Waals surface area contributed by atoms with Crippen LogP contribution in [0.25, 0.3) is 0 Å². The van der Waals surface area contributed by atoms with Crippen molar-refractivity contribution in [1.82, 2.24) is 0 Å². The molecule has 0 aliphatic heterocycles. The summed E-state index contributed by atoms with van der Waals surface area (Å²) in [5.41, 5.74) is 7.99. The van der Waals surface area contributed by atoms with E-state index in [-0.39, 0.29) is 0 Å². The normalized spacial score (nSPS) is 10.1. The second-order valence-electron chi connectivity index (χ2n) is 3.34. The molecule has 2 nitrogen and oxygen atoms in total. The van der Waals surface area contributed by atoms with Crippen molar-refractivity contribution in [2.45, 2.75) is 0 Å². The molecule has 0 aliphatic carbocycles. The summed E-state index contributed by atoms with van der Waals surface area (Å²) < 4.78 is 0. The van der Waals surface area contributed by atoms with E-state index in [9.17, 15) is 0 Å². The lowest BCUT2D eigenvalue weighted by Gasteiger charge is -2.11. The predicted molar refractivity (Wildman–Crippen MR) is 70.6 cm³/mol. The van der Waals surface area contributed by atoms with Crippen molar-refractivity contribution >= 4 is 40.3 Å². The molecule has 2 aromatic carbocycles. The van der Waals surface area contributed by atoms with Gasteiger partial charge in [-0.15, -0.1) is 0 Å². The summed E-state index contributed by atoms with van der Waals surface area (Å²) >= 11 is 11.9. The molecule has 16 heavy (non-hydrogen) atoms. The Bertz CT molecular complexity index is 492. The van der Waals surface area contributed by atoms with Crippen molar-refractivity contribution < 1.29 is 0 Å². The van der Waals surface area contributed by atoms with E-state index in [0.717, 1.165) is 5.69 Å². The standard InChI is InChI=1S/C12H10Cl2N2/c13-8-3-1-4-9(7-8)16-12-10(14)5-2-6-11(12)15/h1-7,16H,15H2. The van der Waals surface area contributed by atoms with Gasteiger partial charge in [-0.25, -0.2) is 0 Å². The Balaban J connectivity index is 2.34. The fourth-order valence-electron chi connectivity index (χ4n) is 1.38. The maximum atomic E-state index is 6.04. The Labute approximate surface area is 104 Å². The molecule has 0 fully saturated rings. The van der Waals surface area contributed by atoms with Crippen LogP contribution < -0.4 is 11.1 Å². The average Bonchev–Trinajstić information content (AvgIpc) is 2.24. The number of hydrogen-bond acceptors (Lipinski definition) is 2. The molecule has 2 aromatic rings. The lowest BCUT2D eigenvalue weighted by atomic mass is 10.2. The molecular weight excluding hydrogens is 243 g/mol. The highest BCUT2D eigenvalue weighted by molar-refractivity contribution is 6.34. The minimum atomic E-state index is 0.583. The van der Waals surface area contributed by atoms with E-state index in [1.165, 1.54) is 0 Å². The number of benzene rings is 2. The number of nitrogens with one attached hydrogen (secondary N) is 1. The molecule has 0 unspecified atom stereocenters. The Morgan fingerprint density at radius 3 is 2.44 bits per heavy atom. The lowest BCUT2D eigenvalue weighted by molar-refractivity contribution is 1.54. The van der Waals surface area contributed by atoms with E-state index < -0.39 is 0 Å². The first-order chi connectivity index (χ1) is 7.66. The zero-order chi connectivity index (χ0) is 11.5. The van der Waals surface area contributed by atoms with Gasteiger partial charge in [-0.1, -0.05) is 35.3 Å². The molecule has 0 saturated heterocycles. The summed E-state index contributed by atoms with van der Waals surface area (Å²) in [6, 6.07) is 12.8. The van der Waals surface area contributed by atoms with Gasteiger partial charge in [0.15, 0.2) is 0 Å². The molecule has 0 amide bonds. The molecule has 0 radical (unpaired) electrons. The van der Waals surface area contributed by atoms with Gasteiger partial charge in [0, 0.05) is 10.7 Å². The molecule has 0 aromatic heterocycles. The highest BCUT2D eigenvalue weighted by Gasteiger charge is 2.04. The summed E-state index contributed by atoms with van der Waals surface area (Å²) in [5.74, 6) is 0. The van der Waals surface area contributed by atoms with Crippen molar-refractivity contribution in [1.29, 1.82) is 0 Å². The van der Waals surface area contributed by atoms with Crippen LogP contribution in [-0.2, 0) is 0 Å². The first kappa shape index (κ1) is 11.1. The molecule has 0 spiro atoms. The molecule has 4 heteroatoms. The molecule has 82 valence electrons. The Kier molecular flexibility index (Phi) is 3.22. The van der Waals surface area contributed by atoms with Crippen molar-refractivity contribution in [3.8, 4) is 0 Å². The van der Waals surface area contributed by atoms with E-state index in [4.69, 9.17) is 28.9 Å². The smallest absolute Gasteiger partial charge is 0.0807 e. The number of anilines is 3. The SMILES string of the molecule is Nc1cccc(Cl)c1Nc1cccc(Cl)c1. The van der Waals surface area contributed by atoms with Gasteiger partial charge < -0.3 is 11.1 Å². The average molecular weight is 253 g/mol. The second-order valence-corrected chi connectivity index (χ2v) is 4.18. The third kappa shape index (κ3) is 2.40. The largest absolute Gasteiger partial charge is 0.397 e. The highest BCUT2D eigenvalue weighted by atomic mass is 35.5. The summed E-state index contributed by atoms with van der Waals surface area (Å²) in [6.45, 7) is 0. The molecular formula is C12H10Cl2N2. The fourth-order valence-corrected chi connectivity index (χ4v) is 1.80. The van der Waals surface area contributed by atoms with Crippen LogP contribution in [0.2, 0.25) is 10.0 Å². The maximum absolute atomic E-state index is 6.04. The van der Waals surface area contributed by atoms with Crippen LogP contribution in [0.1, 0.15) is 0 Å². The van der Waals surface area contributed by atoms with Crippen molar-refractivity contribution in [2.24, 2.45) is 0 Å². The van der Waals surface area contributed by atoms with Gasteiger partial charge in [0.05, 0.1) is 16.4 Å². The second kappa shape index (κ2) is 4.64. The van der Waals surface area contributed by atoms with Gasteiger partial charge in [-0.05, 0) is 30.3 Å². The molecule has 0 bridgehead atoms. The van der Waals surface area contributed by atoms with Gasteiger partial charge in [-0.2, -0.15) is 0 Å². The van der Waals surface area contributed by atoms with E-state index in [0.29, 0.717) is 21.4 Å². The van der Waals surface area contributed by atoms with E-state index in [1.54, 1.807) is 18.2 Å². The zero-order valence-corrected chi connectivity index (χ0v) is 9.89. The van der Waals surface area contributed by atoms with Crippen LogP contribution in [0.5, 0.6) is 0 Å². The first-order valence-corrected chi connectivity index (χ1v) is 5.49. The van der Waals surface area contributed by atoms with Gasteiger partial charge >= 0.3 is 0 Å². The summed E-state index contributed by atoms with van der Waals surface area (Å²) in [6.07, 6.45) is 0. The van der Waals surface area contributed by atoms with Gasteiger partial charge in [0.25, 0.3) is 0 Å². The number of rotatable bonds is 2. The Morgan fingerprint density at radius 2 is 1.75 bits per heavy atom. The topological polar surface area (TPSA) is 38.0 Å². The monoisotopic (exact) mass is 252 g/mol. The quantitative estimate of drug-likeness (QED) is 0.782. The van der Waals surface area contributed by atoms with E-state index >= 15 is 0 Å². The van der Waals surface area contributed by atoms with Gasteiger partial charge in [-0.3, -0.25) is 0 Å². The molecule has 0 heterocycles. The number of para-hydroxylation sites is 1. The fraction of sp³-hybridized carbons (Fsp3) is 0. The molecule has 0 aliphatic rings. The third-order valence-electron chi connectivity index (χ3n) is 2.14. The van der Waals surface area contributed by atoms with Crippen LogP contribution in [0.15, 0.2) is 42.5 Å². The van der Waals surface area contributed by atoms with Crippen LogP contribution in [0.3, 0.4) is 0 Å². The predicted octanol–water partition coefficient (Wildman–Crippen LogP) is 4.32. The van der Waals surface area contributed by atoms with Crippen LogP contribution in [-0.4, -0.2) is 0 Å². The summed E-state index contributed by atoms with van der Waals surface area (Å²) in [5, 5.41) is 4.39. The summed E-state index contributed by atoms with van der Waals surface area (Å²) in [4.78, 5) is 0. The third-order valence-corrected chi connectivity index (χ3v) is 2.69. The zero-order valence-electron chi connectivity index (χ0n) is 8.37. The Hall–Kier alpha value is -1.38. The van der Waals surface area contributed by atoms with Crippen molar-refractivity contribution in [2.75, 3.05) is 11.1 Å². The van der Waals surface area contributed by atoms with Crippen LogP contribution in [0.4, 0.5) is 17.1 Å². The van der Waals surface area contributed by atoms with Gasteiger partial charge in [0.1, 0.15) is 0 Å².